The molecule has 3 aromatic carbocycles. The van der Waals surface area contributed by atoms with Gasteiger partial charge in [0, 0.05) is 5.69 Å². The number of para-hydroxylation sites is 1. The van der Waals surface area contributed by atoms with Crippen molar-refractivity contribution >= 4 is 17.6 Å². The highest BCUT2D eigenvalue weighted by atomic mass is 19.1. The molecule has 28 heavy (non-hydrogen) atoms. The molecule has 3 aromatic rings. The molecular weight excluding hydrogens is 361 g/mol. The standard InChI is InChI=1S/C22H18FNO4/c23-19-8-4-5-9-20(19)27-15-22(26)28-14-21(25)24-18-12-10-17(11-13-18)16-6-2-1-3-7-16/h1-13H,14-15H2,(H,24,25). The molecule has 0 spiro atoms. The Hall–Kier alpha value is -3.67. The van der Waals surface area contributed by atoms with Crippen molar-refractivity contribution in [2.45, 2.75) is 0 Å². The van der Waals surface area contributed by atoms with Crippen LogP contribution in [0.15, 0.2) is 78.9 Å². The van der Waals surface area contributed by atoms with Gasteiger partial charge in [-0.1, -0.05) is 54.6 Å². The van der Waals surface area contributed by atoms with E-state index >= 15 is 0 Å². The molecule has 142 valence electrons. The average Bonchev–Trinajstić information content (AvgIpc) is 2.73. The first kappa shape index (κ1) is 19.1. The number of halogens is 1. The summed E-state index contributed by atoms with van der Waals surface area (Å²) in [6.45, 7) is -0.945. The summed E-state index contributed by atoms with van der Waals surface area (Å²) in [7, 11) is 0. The maximum Gasteiger partial charge on any atom is 0.344 e. The summed E-state index contributed by atoms with van der Waals surface area (Å²) < 4.78 is 23.2. The van der Waals surface area contributed by atoms with Crippen molar-refractivity contribution in [1.29, 1.82) is 0 Å². The zero-order valence-corrected chi connectivity index (χ0v) is 14.9. The Morgan fingerprint density at radius 1 is 0.786 bits per heavy atom. The van der Waals surface area contributed by atoms with E-state index in [1.165, 1.54) is 18.2 Å². The first-order valence-corrected chi connectivity index (χ1v) is 8.60. The third kappa shape index (κ3) is 5.41. The Kier molecular flexibility index (Phi) is 6.36. The van der Waals surface area contributed by atoms with Crippen LogP contribution in [0.2, 0.25) is 0 Å². The lowest BCUT2D eigenvalue weighted by Gasteiger charge is -2.09. The van der Waals surface area contributed by atoms with Crippen molar-refractivity contribution in [3.63, 3.8) is 0 Å². The molecule has 0 aliphatic rings. The van der Waals surface area contributed by atoms with E-state index in [1.54, 1.807) is 18.2 Å². The summed E-state index contributed by atoms with van der Waals surface area (Å²) in [6.07, 6.45) is 0. The second-order valence-corrected chi connectivity index (χ2v) is 5.87. The van der Waals surface area contributed by atoms with E-state index in [1.807, 2.05) is 42.5 Å². The molecule has 3 rings (SSSR count). The highest BCUT2D eigenvalue weighted by Gasteiger charge is 2.10. The van der Waals surface area contributed by atoms with Crippen LogP contribution >= 0.6 is 0 Å². The van der Waals surface area contributed by atoms with Crippen molar-refractivity contribution in [2.75, 3.05) is 18.5 Å². The van der Waals surface area contributed by atoms with E-state index in [0.717, 1.165) is 11.1 Å². The Labute approximate surface area is 161 Å². The smallest absolute Gasteiger partial charge is 0.344 e. The monoisotopic (exact) mass is 379 g/mol. The number of ether oxygens (including phenoxy) is 2. The molecule has 0 saturated carbocycles. The number of rotatable bonds is 7. The van der Waals surface area contributed by atoms with Gasteiger partial charge in [0.05, 0.1) is 0 Å². The summed E-state index contributed by atoms with van der Waals surface area (Å²) >= 11 is 0. The molecule has 1 N–H and O–H groups in total. The lowest BCUT2D eigenvalue weighted by atomic mass is 10.1. The topological polar surface area (TPSA) is 64.6 Å². The van der Waals surface area contributed by atoms with E-state index in [4.69, 9.17) is 9.47 Å². The maximum atomic E-state index is 13.4. The van der Waals surface area contributed by atoms with Gasteiger partial charge in [0.1, 0.15) is 0 Å². The predicted molar refractivity (Wildman–Crippen MR) is 103 cm³/mol. The van der Waals surface area contributed by atoms with Crippen molar-refractivity contribution in [1.82, 2.24) is 0 Å². The summed E-state index contributed by atoms with van der Waals surface area (Å²) in [5.74, 6) is -1.88. The van der Waals surface area contributed by atoms with Gasteiger partial charge < -0.3 is 14.8 Å². The second-order valence-electron chi connectivity index (χ2n) is 5.87. The molecule has 0 radical (unpaired) electrons. The van der Waals surface area contributed by atoms with Gasteiger partial charge >= 0.3 is 5.97 Å². The van der Waals surface area contributed by atoms with E-state index in [9.17, 15) is 14.0 Å². The summed E-state index contributed by atoms with van der Waals surface area (Å²) in [5.41, 5.74) is 2.68. The van der Waals surface area contributed by atoms with Crippen LogP contribution in [0.3, 0.4) is 0 Å². The van der Waals surface area contributed by atoms with Crippen molar-refractivity contribution in [3.8, 4) is 16.9 Å². The van der Waals surface area contributed by atoms with E-state index in [-0.39, 0.29) is 5.75 Å². The van der Waals surface area contributed by atoms with Gasteiger partial charge in [0.25, 0.3) is 5.91 Å². The van der Waals surface area contributed by atoms with Gasteiger partial charge in [0.2, 0.25) is 0 Å². The fraction of sp³-hybridized carbons (Fsp3) is 0.0909. The van der Waals surface area contributed by atoms with Crippen LogP contribution in [0.5, 0.6) is 5.75 Å². The van der Waals surface area contributed by atoms with Crippen LogP contribution in [0.4, 0.5) is 10.1 Å². The normalized spacial score (nSPS) is 10.2. The molecule has 0 bridgehead atoms. The molecule has 0 aliphatic carbocycles. The first-order valence-electron chi connectivity index (χ1n) is 8.60. The number of nitrogens with one attached hydrogen (secondary N) is 1. The van der Waals surface area contributed by atoms with E-state index in [2.05, 4.69) is 5.32 Å². The minimum absolute atomic E-state index is 0.0533. The van der Waals surface area contributed by atoms with Crippen LogP contribution in [-0.2, 0) is 14.3 Å². The average molecular weight is 379 g/mol. The van der Waals surface area contributed by atoms with Gasteiger partial charge in [-0.05, 0) is 35.4 Å². The zero-order chi connectivity index (χ0) is 19.8. The Balaban J connectivity index is 1.44. The molecule has 0 atom stereocenters. The molecule has 0 saturated heterocycles. The summed E-state index contributed by atoms with van der Waals surface area (Å²) in [6, 6.07) is 22.9. The van der Waals surface area contributed by atoms with Crippen LogP contribution in [-0.4, -0.2) is 25.1 Å². The van der Waals surface area contributed by atoms with Gasteiger partial charge in [-0.25, -0.2) is 9.18 Å². The summed E-state index contributed by atoms with van der Waals surface area (Å²) in [4.78, 5) is 23.5. The minimum Gasteiger partial charge on any atom is -0.479 e. The van der Waals surface area contributed by atoms with Gasteiger partial charge in [-0.15, -0.1) is 0 Å². The number of hydrogen-bond donors (Lipinski definition) is 1. The minimum atomic E-state index is -0.766. The first-order chi connectivity index (χ1) is 13.6. The molecule has 0 fully saturated rings. The van der Waals surface area contributed by atoms with Crippen molar-refractivity contribution in [3.05, 3.63) is 84.7 Å². The van der Waals surface area contributed by atoms with Gasteiger partial charge in [-0.2, -0.15) is 0 Å². The largest absolute Gasteiger partial charge is 0.479 e. The molecule has 0 aliphatic heterocycles. The Morgan fingerprint density at radius 3 is 2.14 bits per heavy atom. The highest BCUT2D eigenvalue weighted by molar-refractivity contribution is 5.93. The third-order valence-corrected chi connectivity index (χ3v) is 3.82. The number of carbonyl (C=O) groups excluding carboxylic acids is 2. The SMILES string of the molecule is O=C(COC(=O)COc1ccccc1F)Nc1ccc(-c2ccccc2)cc1. The predicted octanol–water partition coefficient (Wildman–Crippen LogP) is 4.05. The summed E-state index contributed by atoms with van der Waals surface area (Å²) in [5, 5.41) is 2.64. The fourth-order valence-corrected chi connectivity index (χ4v) is 2.46. The quantitative estimate of drug-likeness (QED) is 0.629. The number of benzene rings is 3. The molecule has 0 unspecified atom stereocenters. The number of hydrogen-bond acceptors (Lipinski definition) is 4. The number of amides is 1. The lowest BCUT2D eigenvalue weighted by Crippen LogP contribution is -2.23. The maximum absolute atomic E-state index is 13.4. The highest BCUT2D eigenvalue weighted by Crippen LogP contribution is 2.21. The second kappa shape index (κ2) is 9.32. The zero-order valence-electron chi connectivity index (χ0n) is 14.9. The Bertz CT molecular complexity index is 942. The van der Waals surface area contributed by atoms with E-state index in [0.29, 0.717) is 5.69 Å². The lowest BCUT2D eigenvalue weighted by molar-refractivity contribution is -0.149. The molecular formula is C22H18FNO4. The van der Waals surface area contributed by atoms with Crippen LogP contribution < -0.4 is 10.1 Å². The molecule has 0 heterocycles. The van der Waals surface area contributed by atoms with Gasteiger partial charge in [-0.3, -0.25) is 4.79 Å². The van der Waals surface area contributed by atoms with Gasteiger partial charge in [0.15, 0.2) is 24.8 Å². The van der Waals surface area contributed by atoms with E-state index < -0.39 is 30.9 Å². The van der Waals surface area contributed by atoms with Crippen molar-refractivity contribution < 1.29 is 23.5 Å². The van der Waals surface area contributed by atoms with Crippen LogP contribution in [0.25, 0.3) is 11.1 Å². The third-order valence-electron chi connectivity index (χ3n) is 3.82. The van der Waals surface area contributed by atoms with Crippen molar-refractivity contribution in [2.24, 2.45) is 0 Å². The molecule has 1 amide bonds. The number of esters is 1. The molecule has 0 aromatic heterocycles. The molecule has 5 nitrogen and oxygen atoms in total. The fourth-order valence-electron chi connectivity index (χ4n) is 2.46. The van der Waals surface area contributed by atoms with Crippen LogP contribution in [0, 0.1) is 5.82 Å². The molecule has 6 heteroatoms. The van der Waals surface area contributed by atoms with Crippen LogP contribution in [0.1, 0.15) is 0 Å². The number of anilines is 1. The Morgan fingerprint density at radius 2 is 1.43 bits per heavy atom. The number of carbonyl (C=O) groups is 2.